The fourth-order valence-corrected chi connectivity index (χ4v) is 3.07. The minimum Gasteiger partial charge on any atom is -0.478 e. The van der Waals surface area contributed by atoms with Crippen LogP contribution in [0.4, 0.5) is 5.69 Å². The summed E-state index contributed by atoms with van der Waals surface area (Å²) in [5.41, 5.74) is 1.96. The van der Waals surface area contributed by atoms with Crippen molar-refractivity contribution in [3.63, 3.8) is 0 Å². The number of rotatable bonds is 4. The van der Waals surface area contributed by atoms with E-state index in [9.17, 15) is 4.79 Å². The fourth-order valence-electron chi connectivity index (χ4n) is 3.07. The van der Waals surface area contributed by atoms with Crippen LogP contribution in [0.1, 0.15) is 11.6 Å². The van der Waals surface area contributed by atoms with Crippen LogP contribution in [0.5, 0.6) is 5.75 Å². The molecule has 0 spiro atoms. The van der Waals surface area contributed by atoms with E-state index in [1.54, 1.807) is 0 Å². The molecule has 0 saturated carbocycles. The number of β-lactam (4-membered cyclic amide) rings is 1. The number of benzene rings is 3. The largest absolute Gasteiger partial charge is 0.478 e. The van der Waals surface area contributed by atoms with Gasteiger partial charge in [0.1, 0.15) is 11.8 Å². The molecule has 1 fully saturated rings. The Kier molecular flexibility index (Phi) is 3.75. The van der Waals surface area contributed by atoms with Gasteiger partial charge in [-0.3, -0.25) is 9.69 Å². The van der Waals surface area contributed by atoms with E-state index in [1.807, 2.05) is 95.9 Å². The lowest BCUT2D eigenvalue weighted by Gasteiger charge is -2.46. The van der Waals surface area contributed by atoms with Gasteiger partial charge in [0.05, 0.1) is 0 Å². The number of hydrogen-bond acceptors (Lipinski definition) is 2. The van der Waals surface area contributed by atoms with Gasteiger partial charge in [-0.25, -0.2) is 0 Å². The first kappa shape index (κ1) is 14.5. The third-order valence-corrected chi connectivity index (χ3v) is 4.23. The van der Waals surface area contributed by atoms with Crippen LogP contribution >= 0.6 is 0 Å². The molecule has 118 valence electrons. The number of hydrogen-bond donors (Lipinski definition) is 0. The lowest BCUT2D eigenvalue weighted by atomic mass is 9.89. The maximum Gasteiger partial charge on any atom is 0.271 e. The Labute approximate surface area is 141 Å². The summed E-state index contributed by atoms with van der Waals surface area (Å²) < 4.78 is 5.99. The second-order valence-corrected chi connectivity index (χ2v) is 5.75. The third kappa shape index (κ3) is 2.54. The standard InChI is InChI=1S/C21H17NO2/c23-21-20(24-18-14-8-3-9-15-18)19(16-10-4-1-5-11-16)22(21)17-12-6-2-7-13-17/h1-15,19-20H/t19-,20-/m0/s1. The summed E-state index contributed by atoms with van der Waals surface area (Å²) >= 11 is 0. The molecule has 0 unspecified atom stereocenters. The molecule has 0 bridgehead atoms. The Morgan fingerprint density at radius 3 is 1.88 bits per heavy atom. The smallest absolute Gasteiger partial charge is 0.271 e. The highest BCUT2D eigenvalue weighted by atomic mass is 16.5. The molecule has 0 radical (unpaired) electrons. The van der Waals surface area contributed by atoms with Gasteiger partial charge in [0, 0.05) is 5.69 Å². The van der Waals surface area contributed by atoms with E-state index in [-0.39, 0.29) is 11.9 Å². The van der Waals surface area contributed by atoms with Gasteiger partial charge in [-0.15, -0.1) is 0 Å². The first-order chi connectivity index (χ1) is 11.8. The van der Waals surface area contributed by atoms with Crippen LogP contribution in [0, 0.1) is 0 Å². The number of amides is 1. The minimum atomic E-state index is -0.505. The predicted molar refractivity (Wildman–Crippen MR) is 94.0 cm³/mol. The number of carbonyl (C=O) groups is 1. The molecule has 0 aromatic heterocycles. The van der Waals surface area contributed by atoms with Crippen molar-refractivity contribution in [1.29, 1.82) is 0 Å². The molecule has 1 saturated heterocycles. The van der Waals surface area contributed by atoms with E-state index < -0.39 is 6.10 Å². The monoisotopic (exact) mass is 315 g/mol. The predicted octanol–water partition coefficient (Wildman–Crippen LogP) is 4.22. The molecular formula is C21H17NO2. The maximum absolute atomic E-state index is 12.8. The highest BCUT2D eigenvalue weighted by Crippen LogP contribution is 2.40. The maximum atomic E-state index is 12.8. The van der Waals surface area contributed by atoms with Gasteiger partial charge in [-0.05, 0) is 29.8 Å². The van der Waals surface area contributed by atoms with E-state index in [1.165, 1.54) is 0 Å². The summed E-state index contributed by atoms with van der Waals surface area (Å²) in [5.74, 6) is 0.698. The van der Waals surface area contributed by atoms with Gasteiger partial charge in [0.15, 0.2) is 0 Å². The Balaban J connectivity index is 1.68. The molecular weight excluding hydrogens is 298 g/mol. The molecule has 0 N–H and O–H groups in total. The van der Waals surface area contributed by atoms with Crippen LogP contribution < -0.4 is 9.64 Å². The van der Waals surface area contributed by atoms with Crippen molar-refractivity contribution in [2.24, 2.45) is 0 Å². The summed E-state index contributed by atoms with van der Waals surface area (Å²) in [6.45, 7) is 0. The Morgan fingerprint density at radius 2 is 1.25 bits per heavy atom. The molecule has 3 nitrogen and oxygen atoms in total. The van der Waals surface area contributed by atoms with Crippen LogP contribution in [0.3, 0.4) is 0 Å². The summed E-state index contributed by atoms with van der Waals surface area (Å²) in [6, 6.07) is 29.1. The average molecular weight is 315 g/mol. The van der Waals surface area contributed by atoms with E-state index >= 15 is 0 Å². The highest BCUT2D eigenvalue weighted by Gasteiger charge is 2.50. The normalized spacial score (nSPS) is 19.7. The first-order valence-corrected chi connectivity index (χ1v) is 7.99. The first-order valence-electron chi connectivity index (χ1n) is 7.99. The zero-order valence-corrected chi connectivity index (χ0v) is 13.1. The van der Waals surface area contributed by atoms with Crippen molar-refractivity contribution in [2.45, 2.75) is 12.1 Å². The number of nitrogens with zero attached hydrogens (tertiary/aromatic N) is 1. The zero-order chi connectivity index (χ0) is 16.4. The highest BCUT2D eigenvalue weighted by molar-refractivity contribution is 6.05. The van der Waals surface area contributed by atoms with Crippen LogP contribution in [-0.2, 0) is 4.79 Å². The quantitative estimate of drug-likeness (QED) is 0.675. The third-order valence-electron chi connectivity index (χ3n) is 4.23. The number of para-hydroxylation sites is 2. The van der Waals surface area contributed by atoms with Crippen LogP contribution in [0.2, 0.25) is 0 Å². The van der Waals surface area contributed by atoms with Crippen molar-refractivity contribution < 1.29 is 9.53 Å². The topological polar surface area (TPSA) is 29.5 Å². The van der Waals surface area contributed by atoms with Crippen molar-refractivity contribution in [3.05, 3.63) is 96.6 Å². The molecule has 3 aromatic rings. The molecule has 2 atom stereocenters. The molecule has 0 aliphatic carbocycles. The van der Waals surface area contributed by atoms with Crippen molar-refractivity contribution in [1.82, 2.24) is 0 Å². The zero-order valence-electron chi connectivity index (χ0n) is 13.1. The molecule has 24 heavy (non-hydrogen) atoms. The Bertz CT molecular complexity index is 818. The van der Waals surface area contributed by atoms with Gasteiger partial charge in [-0.2, -0.15) is 0 Å². The van der Waals surface area contributed by atoms with Crippen molar-refractivity contribution in [3.8, 4) is 5.75 Å². The van der Waals surface area contributed by atoms with Gasteiger partial charge >= 0.3 is 0 Å². The SMILES string of the molecule is O=C1[C@@H](Oc2ccccc2)[C@H](c2ccccc2)N1c1ccccc1. The molecule has 3 heteroatoms. The van der Waals surface area contributed by atoms with Crippen LogP contribution in [0.15, 0.2) is 91.0 Å². The summed E-state index contributed by atoms with van der Waals surface area (Å²) in [4.78, 5) is 14.6. The number of ether oxygens (including phenoxy) is 1. The summed E-state index contributed by atoms with van der Waals surface area (Å²) in [7, 11) is 0. The minimum absolute atomic E-state index is 0.0149. The molecule has 1 amide bonds. The number of carbonyl (C=O) groups excluding carboxylic acids is 1. The van der Waals surface area contributed by atoms with Gasteiger partial charge in [0.2, 0.25) is 6.10 Å². The molecule has 1 aliphatic heterocycles. The lowest BCUT2D eigenvalue weighted by molar-refractivity contribution is -0.135. The van der Waals surface area contributed by atoms with Gasteiger partial charge in [0.25, 0.3) is 5.91 Å². The molecule has 4 rings (SSSR count). The Hall–Kier alpha value is -3.07. The second kappa shape index (κ2) is 6.20. The second-order valence-electron chi connectivity index (χ2n) is 5.75. The summed E-state index contributed by atoms with van der Waals surface area (Å²) in [6.07, 6.45) is -0.505. The average Bonchev–Trinajstić information content (AvgIpc) is 2.66. The fraction of sp³-hybridized carbons (Fsp3) is 0.0952. The van der Waals surface area contributed by atoms with Gasteiger partial charge < -0.3 is 4.74 Å². The Morgan fingerprint density at radius 1 is 0.708 bits per heavy atom. The van der Waals surface area contributed by atoms with Crippen LogP contribution in [0.25, 0.3) is 0 Å². The molecule has 1 aliphatic rings. The van der Waals surface area contributed by atoms with E-state index in [2.05, 4.69) is 0 Å². The summed E-state index contributed by atoms with van der Waals surface area (Å²) in [5, 5.41) is 0. The van der Waals surface area contributed by atoms with E-state index in [4.69, 9.17) is 4.74 Å². The van der Waals surface area contributed by atoms with Crippen LogP contribution in [-0.4, -0.2) is 12.0 Å². The van der Waals surface area contributed by atoms with Crippen molar-refractivity contribution >= 4 is 11.6 Å². The number of anilines is 1. The van der Waals surface area contributed by atoms with E-state index in [0.29, 0.717) is 5.75 Å². The lowest BCUT2D eigenvalue weighted by Crippen LogP contribution is -2.61. The molecule has 1 heterocycles. The molecule has 3 aromatic carbocycles. The van der Waals surface area contributed by atoms with Gasteiger partial charge in [-0.1, -0.05) is 66.7 Å². The van der Waals surface area contributed by atoms with Crippen molar-refractivity contribution in [2.75, 3.05) is 4.90 Å². The van der Waals surface area contributed by atoms with E-state index in [0.717, 1.165) is 11.3 Å².